The van der Waals surface area contributed by atoms with Crippen molar-refractivity contribution in [3.63, 3.8) is 0 Å². The lowest BCUT2D eigenvalue weighted by molar-refractivity contribution is -0.132. The molecule has 1 aromatic carbocycles. The summed E-state index contributed by atoms with van der Waals surface area (Å²) < 4.78 is 5.18. The molecular weight excluding hydrogens is 348 g/mol. The minimum absolute atomic E-state index is 0.0297. The quantitative estimate of drug-likeness (QED) is 0.786. The number of urea groups is 1. The third kappa shape index (κ3) is 4.61. The van der Waals surface area contributed by atoms with Crippen LogP contribution in [0, 0.1) is 0 Å². The van der Waals surface area contributed by atoms with E-state index in [4.69, 9.17) is 16.3 Å². The molecule has 2 rings (SSSR count). The fraction of sp³-hybridized carbons (Fsp3) is 0.438. The molecule has 25 heavy (non-hydrogen) atoms. The Morgan fingerprint density at radius 3 is 2.80 bits per heavy atom. The number of hydrogen-bond acceptors (Lipinski definition) is 5. The van der Waals surface area contributed by atoms with Gasteiger partial charge in [-0.05, 0) is 32.2 Å². The lowest BCUT2D eigenvalue weighted by Crippen LogP contribution is -2.48. The van der Waals surface area contributed by atoms with Crippen molar-refractivity contribution in [1.29, 1.82) is 0 Å². The van der Waals surface area contributed by atoms with Crippen molar-refractivity contribution in [2.45, 2.75) is 13.0 Å². The van der Waals surface area contributed by atoms with Crippen LogP contribution in [0.1, 0.15) is 6.92 Å². The van der Waals surface area contributed by atoms with Gasteiger partial charge in [0, 0.05) is 18.1 Å². The number of amides is 4. The fourth-order valence-electron chi connectivity index (χ4n) is 2.43. The largest absolute Gasteiger partial charge is 0.495 e. The topological polar surface area (TPSA) is 91.0 Å². The monoisotopic (exact) mass is 368 g/mol. The maximum atomic E-state index is 12.3. The number of halogens is 1. The van der Waals surface area contributed by atoms with Gasteiger partial charge in [0.25, 0.3) is 0 Å². The second-order valence-corrected chi connectivity index (χ2v) is 6.14. The Kier molecular flexibility index (Phi) is 6.22. The Morgan fingerprint density at radius 2 is 2.20 bits per heavy atom. The van der Waals surface area contributed by atoms with Crippen molar-refractivity contribution in [2.75, 3.05) is 39.1 Å². The van der Waals surface area contributed by atoms with Crippen LogP contribution in [0.15, 0.2) is 18.2 Å². The maximum absolute atomic E-state index is 12.3. The number of carbonyl (C=O) groups is 3. The van der Waals surface area contributed by atoms with E-state index in [1.165, 1.54) is 7.11 Å². The van der Waals surface area contributed by atoms with Gasteiger partial charge in [-0.25, -0.2) is 4.79 Å². The SMILES string of the molecule is COc1ccc(Cl)cc1NC(=O)CN(C)[C@H](C)C(=O)N1CCNC1=O. The Hall–Kier alpha value is -2.32. The molecule has 1 aliphatic heterocycles. The van der Waals surface area contributed by atoms with Crippen molar-refractivity contribution in [2.24, 2.45) is 0 Å². The van der Waals surface area contributed by atoms with Gasteiger partial charge >= 0.3 is 6.03 Å². The molecule has 1 saturated heterocycles. The molecule has 0 saturated carbocycles. The van der Waals surface area contributed by atoms with Crippen molar-refractivity contribution in [3.8, 4) is 5.75 Å². The van der Waals surface area contributed by atoms with E-state index in [1.807, 2.05) is 0 Å². The van der Waals surface area contributed by atoms with Crippen LogP contribution in [0.5, 0.6) is 5.75 Å². The van der Waals surface area contributed by atoms with Crippen molar-refractivity contribution >= 4 is 35.1 Å². The van der Waals surface area contributed by atoms with Crippen molar-refractivity contribution < 1.29 is 19.1 Å². The smallest absolute Gasteiger partial charge is 0.324 e. The Labute approximate surface area is 151 Å². The lowest BCUT2D eigenvalue weighted by atomic mass is 10.2. The standard InChI is InChI=1S/C16H21ClN4O4/c1-10(15(23)21-7-6-18-16(21)24)20(2)9-14(22)19-12-8-11(17)4-5-13(12)25-3/h4-5,8,10H,6-7,9H2,1-3H3,(H,18,24)(H,19,22)/t10-/m1/s1. The number of benzene rings is 1. The molecule has 4 amide bonds. The second kappa shape index (κ2) is 8.17. The molecule has 0 spiro atoms. The summed E-state index contributed by atoms with van der Waals surface area (Å²) in [7, 11) is 3.14. The maximum Gasteiger partial charge on any atom is 0.324 e. The zero-order valence-corrected chi connectivity index (χ0v) is 15.1. The van der Waals surface area contributed by atoms with Gasteiger partial charge in [-0.1, -0.05) is 11.6 Å². The average Bonchev–Trinajstić information content (AvgIpc) is 2.99. The third-order valence-electron chi connectivity index (χ3n) is 3.97. The highest BCUT2D eigenvalue weighted by molar-refractivity contribution is 6.31. The van der Waals surface area contributed by atoms with E-state index in [-0.39, 0.29) is 18.4 Å². The highest BCUT2D eigenvalue weighted by atomic mass is 35.5. The van der Waals surface area contributed by atoms with Crippen LogP contribution in [0.25, 0.3) is 0 Å². The summed E-state index contributed by atoms with van der Waals surface area (Å²) in [5.41, 5.74) is 0.450. The molecule has 1 atom stereocenters. The number of likely N-dealkylation sites (N-methyl/N-ethyl adjacent to an activating group) is 1. The molecule has 1 heterocycles. The summed E-state index contributed by atoms with van der Waals surface area (Å²) >= 11 is 5.94. The van der Waals surface area contributed by atoms with E-state index in [0.29, 0.717) is 29.5 Å². The number of nitrogens with zero attached hydrogens (tertiary/aromatic N) is 2. The fourth-order valence-corrected chi connectivity index (χ4v) is 2.60. The molecule has 1 aromatic rings. The minimum atomic E-state index is -0.615. The van der Waals surface area contributed by atoms with Crippen LogP contribution >= 0.6 is 11.6 Å². The predicted molar refractivity (Wildman–Crippen MR) is 93.8 cm³/mol. The van der Waals surface area contributed by atoms with Crippen LogP contribution in [0.3, 0.4) is 0 Å². The number of anilines is 1. The molecule has 0 aliphatic carbocycles. The molecule has 9 heteroatoms. The number of rotatable bonds is 6. The average molecular weight is 369 g/mol. The van der Waals surface area contributed by atoms with Gasteiger partial charge in [-0.2, -0.15) is 0 Å². The van der Waals surface area contributed by atoms with E-state index in [9.17, 15) is 14.4 Å². The molecule has 0 radical (unpaired) electrons. The Morgan fingerprint density at radius 1 is 1.48 bits per heavy atom. The van der Waals surface area contributed by atoms with Gasteiger partial charge in [0.2, 0.25) is 11.8 Å². The number of imide groups is 1. The molecule has 0 bridgehead atoms. The van der Waals surface area contributed by atoms with E-state index >= 15 is 0 Å². The molecule has 0 aromatic heterocycles. The zero-order valence-electron chi connectivity index (χ0n) is 14.3. The highest BCUT2D eigenvalue weighted by Crippen LogP contribution is 2.27. The molecular formula is C16H21ClN4O4. The third-order valence-corrected chi connectivity index (χ3v) is 4.21. The summed E-state index contributed by atoms with van der Waals surface area (Å²) in [4.78, 5) is 38.9. The van der Waals surface area contributed by atoms with E-state index in [2.05, 4.69) is 10.6 Å². The number of ether oxygens (including phenoxy) is 1. The summed E-state index contributed by atoms with van der Waals surface area (Å²) in [5.74, 6) is -0.183. The summed E-state index contributed by atoms with van der Waals surface area (Å²) in [6.07, 6.45) is 0. The first kappa shape index (κ1) is 19.0. The highest BCUT2D eigenvalue weighted by Gasteiger charge is 2.31. The molecule has 1 fully saturated rings. The minimum Gasteiger partial charge on any atom is -0.495 e. The van der Waals surface area contributed by atoms with E-state index in [1.54, 1.807) is 37.1 Å². The number of nitrogens with one attached hydrogen (secondary N) is 2. The summed E-state index contributed by atoms with van der Waals surface area (Å²) in [6, 6.07) is 3.87. The van der Waals surface area contributed by atoms with Gasteiger partial charge < -0.3 is 15.4 Å². The zero-order chi connectivity index (χ0) is 18.6. The predicted octanol–water partition coefficient (Wildman–Crippen LogP) is 1.16. The van der Waals surface area contributed by atoms with Gasteiger partial charge in [-0.3, -0.25) is 19.4 Å². The Bertz CT molecular complexity index is 682. The summed E-state index contributed by atoms with van der Waals surface area (Å²) in [5, 5.41) is 5.75. The van der Waals surface area contributed by atoms with Gasteiger partial charge in [0.15, 0.2) is 0 Å². The van der Waals surface area contributed by atoms with Crippen LogP contribution in [-0.4, -0.2) is 67.5 Å². The van der Waals surface area contributed by atoms with Crippen molar-refractivity contribution in [3.05, 3.63) is 23.2 Å². The molecule has 0 unspecified atom stereocenters. The first-order chi connectivity index (χ1) is 11.8. The van der Waals surface area contributed by atoms with E-state index in [0.717, 1.165) is 4.90 Å². The first-order valence-electron chi connectivity index (χ1n) is 7.76. The van der Waals surface area contributed by atoms with Crippen LogP contribution in [0.2, 0.25) is 5.02 Å². The number of carbonyl (C=O) groups excluding carboxylic acids is 3. The second-order valence-electron chi connectivity index (χ2n) is 5.71. The van der Waals surface area contributed by atoms with Crippen LogP contribution < -0.4 is 15.4 Å². The molecule has 2 N–H and O–H groups in total. The van der Waals surface area contributed by atoms with Gasteiger partial charge in [0.1, 0.15) is 5.75 Å². The van der Waals surface area contributed by atoms with Gasteiger partial charge in [0.05, 0.1) is 25.4 Å². The molecule has 8 nitrogen and oxygen atoms in total. The number of hydrogen-bond donors (Lipinski definition) is 2. The van der Waals surface area contributed by atoms with Crippen molar-refractivity contribution in [1.82, 2.24) is 15.1 Å². The molecule has 136 valence electrons. The number of methoxy groups -OCH3 is 1. The van der Waals surface area contributed by atoms with Crippen LogP contribution in [0.4, 0.5) is 10.5 Å². The van der Waals surface area contributed by atoms with Crippen LogP contribution in [-0.2, 0) is 9.59 Å². The first-order valence-corrected chi connectivity index (χ1v) is 8.14. The summed E-state index contributed by atoms with van der Waals surface area (Å²) in [6.45, 7) is 2.40. The molecule has 1 aliphatic rings. The normalized spacial score (nSPS) is 15.1. The lowest BCUT2D eigenvalue weighted by Gasteiger charge is -2.26. The van der Waals surface area contributed by atoms with E-state index < -0.39 is 12.1 Å². The van der Waals surface area contributed by atoms with Gasteiger partial charge in [-0.15, -0.1) is 0 Å². The Balaban J connectivity index is 1.96.